The van der Waals surface area contributed by atoms with Crippen molar-refractivity contribution in [3.63, 3.8) is 0 Å². The second-order valence-corrected chi connectivity index (χ2v) is 5.10. The molecular formula is C11H22N2O. The Morgan fingerprint density at radius 2 is 2.00 bits per heavy atom. The van der Waals surface area contributed by atoms with Crippen molar-refractivity contribution in [2.24, 2.45) is 0 Å². The third-order valence-electron chi connectivity index (χ3n) is 2.19. The summed E-state index contributed by atoms with van der Waals surface area (Å²) >= 11 is 0. The first kappa shape index (κ1) is 11.3. The van der Waals surface area contributed by atoms with Crippen LogP contribution < -0.4 is 5.32 Å². The van der Waals surface area contributed by atoms with Crippen LogP contribution in [-0.4, -0.2) is 29.1 Å². The average molecular weight is 198 g/mol. The van der Waals surface area contributed by atoms with Crippen LogP contribution in [0, 0.1) is 0 Å². The van der Waals surface area contributed by atoms with Crippen LogP contribution >= 0.6 is 0 Å². The molecule has 1 N–H and O–H groups in total. The molecule has 3 nitrogen and oxygen atoms in total. The molecule has 0 bridgehead atoms. The predicted molar refractivity (Wildman–Crippen MR) is 58.3 cm³/mol. The minimum Gasteiger partial charge on any atom is -0.333 e. The molecule has 0 aromatic rings. The van der Waals surface area contributed by atoms with Gasteiger partial charge >= 0.3 is 6.03 Å². The van der Waals surface area contributed by atoms with Gasteiger partial charge in [-0.05, 0) is 40.0 Å². The van der Waals surface area contributed by atoms with E-state index in [1.807, 2.05) is 25.7 Å². The van der Waals surface area contributed by atoms with E-state index in [2.05, 4.69) is 12.2 Å². The fourth-order valence-electron chi connectivity index (χ4n) is 1.47. The third-order valence-corrected chi connectivity index (χ3v) is 2.19. The molecule has 1 aliphatic rings. The van der Waals surface area contributed by atoms with E-state index in [0.29, 0.717) is 6.04 Å². The van der Waals surface area contributed by atoms with Crippen LogP contribution in [-0.2, 0) is 0 Å². The molecule has 3 heteroatoms. The highest BCUT2D eigenvalue weighted by Crippen LogP contribution is 2.27. The highest BCUT2D eigenvalue weighted by atomic mass is 16.2. The summed E-state index contributed by atoms with van der Waals surface area (Å²) in [6.45, 7) is 9.04. The monoisotopic (exact) mass is 198 g/mol. The zero-order chi connectivity index (χ0) is 10.8. The number of amides is 2. The molecular weight excluding hydrogens is 176 g/mol. The van der Waals surface area contributed by atoms with Gasteiger partial charge in [-0.15, -0.1) is 0 Å². The highest BCUT2D eigenvalue weighted by Gasteiger charge is 2.32. The number of carbonyl (C=O) groups is 1. The van der Waals surface area contributed by atoms with Gasteiger partial charge in [0.15, 0.2) is 0 Å². The Hall–Kier alpha value is -0.730. The third kappa shape index (κ3) is 3.56. The van der Waals surface area contributed by atoms with Gasteiger partial charge in [0.2, 0.25) is 0 Å². The Morgan fingerprint density at radius 3 is 2.36 bits per heavy atom. The molecule has 0 aromatic heterocycles. The second-order valence-electron chi connectivity index (χ2n) is 5.10. The largest absolute Gasteiger partial charge is 0.333 e. The smallest absolute Gasteiger partial charge is 0.318 e. The van der Waals surface area contributed by atoms with Gasteiger partial charge in [0.05, 0.1) is 0 Å². The number of hydrogen-bond donors (Lipinski definition) is 1. The molecule has 0 saturated heterocycles. The minimum absolute atomic E-state index is 0.0989. The van der Waals surface area contributed by atoms with Crippen molar-refractivity contribution in [3.05, 3.63) is 0 Å². The van der Waals surface area contributed by atoms with E-state index in [9.17, 15) is 4.79 Å². The van der Waals surface area contributed by atoms with Gasteiger partial charge in [-0.1, -0.05) is 6.92 Å². The number of rotatable bonds is 3. The molecule has 14 heavy (non-hydrogen) atoms. The van der Waals surface area contributed by atoms with Gasteiger partial charge in [0, 0.05) is 18.1 Å². The number of carbonyl (C=O) groups excluding carboxylic acids is 1. The van der Waals surface area contributed by atoms with E-state index < -0.39 is 0 Å². The van der Waals surface area contributed by atoms with Gasteiger partial charge in [0.25, 0.3) is 0 Å². The van der Waals surface area contributed by atoms with Crippen LogP contribution in [0.2, 0.25) is 0 Å². The average Bonchev–Trinajstić information content (AvgIpc) is 2.78. The summed E-state index contributed by atoms with van der Waals surface area (Å²) in [5, 5.41) is 3.01. The molecule has 0 heterocycles. The standard InChI is InChI=1S/C11H22N2O/c1-5-8-13(9-6-7-9)10(14)12-11(2,3)4/h9H,5-8H2,1-4H3,(H,12,14). The summed E-state index contributed by atoms with van der Waals surface area (Å²) in [4.78, 5) is 13.8. The van der Waals surface area contributed by atoms with E-state index >= 15 is 0 Å². The molecule has 0 spiro atoms. The fraction of sp³-hybridized carbons (Fsp3) is 0.909. The van der Waals surface area contributed by atoms with E-state index in [4.69, 9.17) is 0 Å². The second kappa shape index (κ2) is 4.20. The lowest BCUT2D eigenvalue weighted by Gasteiger charge is -2.28. The molecule has 0 aromatic carbocycles. The maximum Gasteiger partial charge on any atom is 0.318 e. The van der Waals surface area contributed by atoms with Gasteiger partial charge in [-0.3, -0.25) is 0 Å². The molecule has 0 atom stereocenters. The Labute approximate surface area is 86.9 Å². The molecule has 1 fully saturated rings. The van der Waals surface area contributed by atoms with Gasteiger partial charge < -0.3 is 10.2 Å². The first-order valence-electron chi connectivity index (χ1n) is 5.53. The van der Waals surface area contributed by atoms with Crippen LogP contribution in [0.3, 0.4) is 0 Å². The van der Waals surface area contributed by atoms with Crippen molar-refractivity contribution in [3.8, 4) is 0 Å². The normalized spacial score (nSPS) is 16.6. The van der Waals surface area contributed by atoms with Crippen molar-refractivity contribution < 1.29 is 4.79 Å². The summed E-state index contributed by atoms with van der Waals surface area (Å²) in [6, 6.07) is 0.610. The van der Waals surface area contributed by atoms with Crippen LogP contribution in [0.15, 0.2) is 0 Å². The molecule has 0 aliphatic heterocycles. The van der Waals surface area contributed by atoms with Crippen molar-refractivity contribution in [1.82, 2.24) is 10.2 Å². The zero-order valence-electron chi connectivity index (χ0n) is 9.76. The van der Waals surface area contributed by atoms with Crippen molar-refractivity contribution in [1.29, 1.82) is 0 Å². The highest BCUT2D eigenvalue weighted by molar-refractivity contribution is 5.75. The minimum atomic E-state index is -0.127. The van der Waals surface area contributed by atoms with E-state index in [1.165, 1.54) is 12.8 Å². The topological polar surface area (TPSA) is 32.3 Å². The predicted octanol–water partition coefficient (Wildman–Crippen LogP) is 2.37. The van der Waals surface area contributed by atoms with Gasteiger partial charge in [0.1, 0.15) is 0 Å². The van der Waals surface area contributed by atoms with E-state index in [0.717, 1.165) is 13.0 Å². The van der Waals surface area contributed by atoms with Gasteiger partial charge in [-0.2, -0.15) is 0 Å². The summed E-state index contributed by atoms with van der Waals surface area (Å²) in [5.41, 5.74) is -0.127. The van der Waals surface area contributed by atoms with Crippen LogP contribution in [0.25, 0.3) is 0 Å². The molecule has 2 amide bonds. The Morgan fingerprint density at radius 1 is 1.43 bits per heavy atom. The number of urea groups is 1. The summed E-state index contributed by atoms with van der Waals surface area (Å²) in [6.07, 6.45) is 3.39. The van der Waals surface area contributed by atoms with Crippen LogP contribution in [0.4, 0.5) is 4.79 Å². The van der Waals surface area contributed by atoms with Crippen LogP contribution in [0.1, 0.15) is 47.0 Å². The SMILES string of the molecule is CCCN(C(=O)NC(C)(C)C)C1CC1. The van der Waals surface area contributed by atoms with E-state index in [-0.39, 0.29) is 11.6 Å². The number of nitrogens with one attached hydrogen (secondary N) is 1. The molecule has 0 unspecified atom stereocenters. The lowest BCUT2D eigenvalue weighted by molar-refractivity contribution is 0.185. The maximum atomic E-state index is 11.8. The zero-order valence-corrected chi connectivity index (χ0v) is 9.76. The number of hydrogen-bond acceptors (Lipinski definition) is 1. The van der Waals surface area contributed by atoms with Gasteiger partial charge in [-0.25, -0.2) is 4.79 Å². The summed E-state index contributed by atoms with van der Waals surface area (Å²) in [7, 11) is 0. The van der Waals surface area contributed by atoms with Crippen molar-refractivity contribution in [2.45, 2.75) is 58.5 Å². The maximum absolute atomic E-state index is 11.8. The molecule has 0 radical (unpaired) electrons. The molecule has 1 aliphatic carbocycles. The Bertz CT molecular complexity index is 204. The Balaban J connectivity index is 2.46. The lowest BCUT2D eigenvalue weighted by atomic mass is 10.1. The first-order chi connectivity index (χ1) is 6.44. The summed E-state index contributed by atoms with van der Waals surface area (Å²) in [5.74, 6) is 0. The van der Waals surface area contributed by atoms with E-state index in [1.54, 1.807) is 0 Å². The number of nitrogens with zero attached hydrogens (tertiary/aromatic N) is 1. The molecule has 1 saturated carbocycles. The van der Waals surface area contributed by atoms with Crippen molar-refractivity contribution >= 4 is 6.03 Å². The quantitative estimate of drug-likeness (QED) is 0.742. The Kier molecular flexibility index (Phi) is 3.40. The van der Waals surface area contributed by atoms with Crippen molar-refractivity contribution in [2.75, 3.05) is 6.54 Å². The molecule has 82 valence electrons. The first-order valence-corrected chi connectivity index (χ1v) is 5.53. The molecule has 1 rings (SSSR count). The fourth-order valence-corrected chi connectivity index (χ4v) is 1.47. The lowest BCUT2D eigenvalue weighted by Crippen LogP contribution is -2.49. The summed E-state index contributed by atoms with van der Waals surface area (Å²) < 4.78 is 0. The van der Waals surface area contributed by atoms with Crippen LogP contribution in [0.5, 0.6) is 0 Å².